The average molecular weight is 339 g/mol. The zero-order valence-corrected chi connectivity index (χ0v) is 14.0. The summed E-state index contributed by atoms with van der Waals surface area (Å²) in [5.74, 6) is -0.118. The van der Waals surface area contributed by atoms with Crippen LogP contribution in [0.25, 0.3) is 9.88 Å². The fraction of sp³-hybridized carbons (Fsp3) is 0.118. The lowest BCUT2D eigenvalue weighted by molar-refractivity contribution is 0.0954. The minimum absolute atomic E-state index is 0.118. The third-order valence-electron chi connectivity index (χ3n) is 3.27. The van der Waals surface area contributed by atoms with E-state index in [4.69, 9.17) is 5.26 Å². The van der Waals surface area contributed by atoms with Crippen molar-refractivity contribution in [1.82, 2.24) is 10.3 Å². The highest BCUT2D eigenvalue weighted by Crippen LogP contribution is 2.30. The van der Waals surface area contributed by atoms with E-state index in [2.05, 4.69) is 16.4 Å². The second-order valence-corrected chi connectivity index (χ2v) is 6.85. The number of aryl methyl sites for hydroxylation is 1. The van der Waals surface area contributed by atoms with Gasteiger partial charge in [0.1, 0.15) is 9.88 Å². The molecule has 0 aliphatic rings. The molecule has 1 N–H and O–H groups in total. The summed E-state index contributed by atoms with van der Waals surface area (Å²) in [5.41, 5.74) is 2.31. The first kappa shape index (κ1) is 15.4. The molecule has 2 aromatic heterocycles. The van der Waals surface area contributed by atoms with Gasteiger partial charge >= 0.3 is 0 Å². The van der Waals surface area contributed by atoms with E-state index >= 15 is 0 Å². The number of carbonyl (C=O) groups excluding carboxylic acids is 1. The lowest BCUT2D eigenvalue weighted by Gasteiger charge is -2.04. The third kappa shape index (κ3) is 3.47. The number of hydrogen-bond acceptors (Lipinski definition) is 5. The fourth-order valence-electron chi connectivity index (χ4n) is 2.07. The summed E-state index contributed by atoms with van der Waals surface area (Å²) < 4.78 is 0. The van der Waals surface area contributed by atoms with Crippen molar-refractivity contribution in [3.63, 3.8) is 0 Å². The average Bonchev–Trinajstić information content (AvgIpc) is 3.22. The molecule has 0 aliphatic carbocycles. The lowest BCUT2D eigenvalue weighted by atomic mass is 10.1. The van der Waals surface area contributed by atoms with Crippen LogP contribution in [0.3, 0.4) is 0 Å². The molecule has 0 saturated carbocycles. The Balaban J connectivity index is 1.69. The van der Waals surface area contributed by atoms with E-state index < -0.39 is 0 Å². The van der Waals surface area contributed by atoms with Crippen molar-refractivity contribution in [2.24, 2.45) is 0 Å². The monoisotopic (exact) mass is 339 g/mol. The van der Waals surface area contributed by atoms with Gasteiger partial charge in [0.25, 0.3) is 5.91 Å². The molecular weight excluding hydrogens is 326 g/mol. The number of nitrogens with zero attached hydrogens (tertiary/aromatic N) is 2. The number of hydrogen-bond donors (Lipinski definition) is 1. The minimum atomic E-state index is -0.118. The molecule has 6 heteroatoms. The van der Waals surface area contributed by atoms with Crippen LogP contribution in [0.15, 0.2) is 41.8 Å². The van der Waals surface area contributed by atoms with Gasteiger partial charge in [-0.3, -0.25) is 4.79 Å². The number of rotatable bonds is 4. The maximum absolute atomic E-state index is 12.4. The number of nitriles is 1. The smallest absolute Gasteiger partial charge is 0.263 e. The molecule has 0 fully saturated rings. The second-order valence-electron chi connectivity index (χ2n) is 4.90. The van der Waals surface area contributed by atoms with Gasteiger partial charge in [-0.05, 0) is 36.1 Å². The molecule has 0 atom stereocenters. The zero-order valence-electron chi connectivity index (χ0n) is 12.4. The van der Waals surface area contributed by atoms with Crippen LogP contribution in [0, 0.1) is 18.3 Å². The Morgan fingerprint density at radius 1 is 1.30 bits per heavy atom. The van der Waals surface area contributed by atoms with Gasteiger partial charge in [-0.25, -0.2) is 4.98 Å². The summed E-state index contributed by atoms with van der Waals surface area (Å²) in [6.45, 7) is 2.28. The van der Waals surface area contributed by atoms with Crippen LogP contribution in [-0.2, 0) is 6.54 Å². The number of thiophene rings is 1. The van der Waals surface area contributed by atoms with Crippen molar-refractivity contribution in [3.05, 3.63) is 63.5 Å². The van der Waals surface area contributed by atoms with Crippen molar-refractivity contribution in [3.8, 4) is 16.0 Å². The summed E-state index contributed by atoms with van der Waals surface area (Å²) in [6.07, 6.45) is 0. The maximum Gasteiger partial charge on any atom is 0.263 e. The zero-order chi connectivity index (χ0) is 16.2. The van der Waals surface area contributed by atoms with E-state index in [1.165, 1.54) is 11.3 Å². The van der Waals surface area contributed by atoms with Gasteiger partial charge in [0, 0.05) is 6.54 Å². The van der Waals surface area contributed by atoms with Gasteiger partial charge in [0.05, 0.1) is 22.2 Å². The topological polar surface area (TPSA) is 65.8 Å². The number of aromatic nitrogens is 1. The van der Waals surface area contributed by atoms with Crippen LogP contribution in [0.4, 0.5) is 0 Å². The Hall–Kier alpha value is -2.49. The van der Waals surface area contributed by atoms with Crippen molar-refractivity contribution >= 4 is 28.6 Å². The summed E-state index contributed by atoms with van der Waals surface area (Å²) in [5, 5.41) is 14.6. The molecule has 4 nitrogen and oxygen atoms in total. The minimum Gasteiger partial charge on any atom is -0.347 e. The van der Waals surface area contributed by atoms with E-state index in [-0.39, 0.29) is 5.91 Å². The molecule has 0 spiro atoms. The highest BCUT2D eigenvalue weighted by Gasteiger charge is 2.16. The predicted octanol–water partition coefficient (Wildman–Crippen LogP) is 3.98. The van der Waals surface area contributed by atoms with E-state index in [0.29, 0.717) is 17.0 Å². The summed E-state index contributed by atoms with van der Waals surface area (Å²) in [4.78, 5) is 18.6. The molecule has 3 aromatic rings. The molecule has 0 aliphatic heterocycles. The van der Waals surface area contributed by atoms with Gasteiger partial charge < -0.3 is 5.32 Å². The number of benzene rings is 1. The summed E-state index contributed by atoms with van der Waals surface area (Å²) in [7, 11) is 0. The molecule has 0 unspecified atom stereocenters. The van der Waals surface area contributed by atoms with E-state index in [1.807, 2.05) is 36.6 Å². The maximum atomic E-state index is 12.4. The first-order valence-electron chi connectivity index (χ1n) is 6.96. The van der Waals surface area contributed by atoms with Crippen LogP contribution in [0.2, 0.25) is 0 Å². The first-order chi connectivity index (χ1) is 11.2. The molecule has 114 valence electrons. The van der Waals surface area contributed by atoms with Gasteiger partial charge in [-0.2, -0.15) is 5.26 Å². The van der Waals surface area contributed by atoms with E-state index in [0.717, 1.165) is 21.1 Å². The first-order valence-corrected chi connectivity index (χ1v) is 8.65. The highest BCUT2D eigenvalue weighted by molar-refractivity contribution is 7.22. The van der Waals surface area contributed by atoms with E-state index in [9.17, 15) is 4.79 Å². The Labute approximate surface area is 142 Å². The molecule has 0 bridgehead atoms. The molecule has 1 aromatic carbocycles. The Bertz CT molecular complexity index is 858. The normalized spacial score (nSPS) is 10.3. The molecule has 2 heterocycles. The molecule has 1 amide bonds. The lowest BCUT2D eigenvalue weighted by Crippen LogP contribution is -2.22. The van der Waals surface area contributed by atoms with Gasteiger partial charge in [0.2, 0.25) is 0 Å². The van der Waals surface area contributed by atoms with Crippen LogP contribution < -0.4 is 5.32 Å². The number of thiazole rings is 1. The van der Waals surface area contributed by atoms with Crippen LogP contribution in [-0.4, -0.2) is 10.9 Å². The number of amides is 1. The van der Waals surface area contributed by atoms with Crippen molar-refractivity contribution in [2.75, 3.05) is 0 Å². The van der Waals surface area contributed by atoms with Crippen molar-refractivity contribution < 1.29 is 4.79 Å². The molecular formula is C17H13N3OS2. The number of nitrogens with one attached hydrogen (secondary N) is 1. The SMILES string of the molecule is Cc1nc(-c2cccs2)sc1C(=O)NCc1ccc(C#N)cc1. The highest BCUT2D eigenvalue weighted by atomic mass is 32.1. The van der Waals surface area contributed by atoms with Gasteiger partial charge in [0.15, 0.2) is 0 Å². The van der Waals surface area contributed by atoms with Crippen molar-refractivity contribution in [2.45, 2.75) is 13.5 Å². The van der Waals surface area contributed by atoms with Crippen LogP contribution in [0.1, 0.15) is 26.5 Å². The largest absolute Gasteiger partial charge is 0.347 e. The Morgan fingerprint density at radius 3 is 2.74 bits per heavy atom. The molecule has 0 saturated heterocycles. The van der Waals surface area contributed by atoms with Crippen LogP contribution >= 0.6 is 22.7 Å². The number of carbonyl (C=O) groups is 1. The molecule has 23 heavy (non-hydrogen) atoms. The quantitative estimate of drug-likeness (QED) is 0.782. The van der Waals surface area contributed by atoms with Crippen molar-refractivity contribution in [1.29, 1.82) is 5.26 Å². The van der Waals surface area contributed by atoms with Gasteiger partial charge in [-0.15, -0.1) is 22.7 Å². The Kier molecular flexibility index (Phi) is 4.51. The molecule has 0 radical (unpaired) electrons. The standard InChI is InChI=1S/C17H13N3OS2/c1-11-15(23-17(20-11)14-3-2-8-22-14)16(21)19-10-13-6-4-12(9-18)5-7-13/h2-8H,10H2,1H3,(H,19,21). The third-order valence-corrected chi connectivity index (χ3v) is 5.47. The molecule has 3 rings (SSSR count). The summed E-state index contributed by atoms with van der Waals surface area (Å²) in [6, 6.07) is 13.2. The Morgan fingerprint density at radius 2 is 2.09 bits per heavy atom. The summed E-state index contributed by atoms with van der Waals surface area (Å²) >= 11 is 3.02. The van der Waals surface area contributed by atoms with Gasteiger partial charge in [-0.1, -0.05) is 18.2 Å². The fourth-order valence-corrected chi connectivity index (χ4v) is 3.85. The van der Waals surface area contributed by atoms with Crippen LogP contribution in [0.5, 0.6) is 0 Å². The predicted molar refractivity (Wildman–Crippen MR) is 92.5 cm³/mol. The second kappa shape index (κ2) is 6.73. The van der Waals surface area contributed by atoms with E-state index in [1.54, 1.807) is 23.5 Å².